The molecular weight excluding hydrogens is 282 g/mol. The Kier molecular flexibility index (Phi) is 3.42. The van der Waals surface area contributed by atoms with Crippen LogP contribution in [-0.4, -0.2) is 19.7 Å². The van der Waals surface area contributed by atoms with Crippen LogP contribution in [0.2, 0.25) is 0 Å². The Labute approximate surface area is 108 Å². The summed E-state index contributed by atoms with van der Waals surface area (Å²) in [5.41, 5.74) is 7.65. The van der Waals surface area contributed by atoms with Crippen molar-refractivity contribution >= 4 is 21.7 Å². The number of nitrogen functional groups attached to an aromatic ring is 1. The summed E-state index contributed by atoms with van der Waals surface area (Å²) >= 11 is 3.40. The van der Waals surface area contributed by atoms with Crippen LogP contribution < -0.4 is 5.73 Å². The number of nitrogens with two attached hydrogens (primary N) is 1. The molecule has 0 fully saturated rings. The van der Waals surface area contributed by atoms with Crippen LogP contribution in [-0.2, 0) is 13.0 Å². The molecule has 0 spiro atoms. The molecule has 6 heteroatoms. The molecule has 5 nitrogen and oxygen atoms in total. The first-order chi connectivity index (χ1) is 8.15. The van der Waals surface area contributed by atoms with E-state index in [0.29, 0.717) is 11.6 Å². The first-order valence-electron chi connectivity index (χ1n) is 5.50. The van der Waals surface area contributed by atoms with Gasteiger partial charge >= 0.3 is 0 Å². The van der Waals surface area contributed by atoms with Crippen molar-refractivity contribution in [3.8, 4) is 11.4 Å². The van der Waals surface area contributed by atoms with Crippen LogP contribution in [0.25, 0.3) is 11.4 Å². The van der Waals surface area contributed by atoms with Gasteiger partial charge in [0, 0.05) is 12.7 Å². The highest BCUT2D eigenvalue weighted by atomic mass is 79.9. The first-order valence-corrected chi connectivity index (χ1v) is 6.29. The summed E-state index contributed by atoms with van der Waals surface area (Å²) in [7, 11) is 0. The molecule has 0 aliphatic heterocycles. The van der Waals surface area contributed by atoms with Gasteiger partial charge in [-0.15, -0.1) is 0 Å². The van der Waals surface area contributed by atoms with Crippen LogP contribution in [0.15, 0.2) is 16.9 Å². The van der Waals surface area contributed by atoms with Gasteiger partial charge in [-0.1, -0.05) is 6.92 Å². The van der Waals surface area contributed by atoms with Gasteiger partial charge < -0.3 is 5.73 Å². The maximum Gasteiger partial charge on any atom is 0.165 e. The fourth-order valence-corrected chi connectivity index (χ4v) is 1.99. The van der Waals surface area contributed by atoms with Gasteiger partial charge in [0.25, 0.3) is 0 Å². The third-order valence-corrected chi connectivity index (χ3v) is 3.36. The normalized spacial score (nSPS) is 10.8. The quantitative estimate of drug-likeness (QED) is 0.943. The fraction of sp³-hybridized carbons (Fsp3) is 0.364. The molecule has 0 aromatic carbocycles. The Bertz CT molecular complexity index is 535. The number of rotatable bonds is 3. The second kappa shape index (κ2) is 4.83. The standard InChI is InChI=1S/C11H14BrN5/c1-3-8-9(12)10(13)16-11(15-8)7-5-14-17(4-2)6-7/h5-6H,3-4H2,1-2H3,(H2,13,15,16). The highest BCUT2D eigenvalue weighted by molar-refractivity contribution is 9.10. The number of nitrogens with zero attached hydrogens (tertiary/aromatic N) is 4. The molecule has 17 heavy (non-hydrogen) atoms. The number of hydrogen-bond donors (Lipinski definition) is 1. The van der Waals surface area contributed by atoms with Gasteiger partial charge in [-0.3, -0.25) is 4.68 Å². The molecule has 0 amide bonds. The van der Waals surface area contributed by atoms with Gasteiger partial charge in [-0.25, -0.2) is 9.97 Å². The van der Waals surface area contributed by atoms with Crippen LogP contribution in [0.3, 0.4) is 0 Å². The van der Waals surface area contributed by atoms with Crippen molar-refractivity contribution in [1.29, 1.82) is 0 Å². The molecule has 2 heterocycles. The minimum Gasteiger partial charge on any atom is -0.383 e. The van der Waals surface area contributed by atoms with Crippen LogP contribution in [0.5, 0.6) is 0 Å². The summed E-state index contributed by atoms with van der Waals surface area (Å²) in [5, 5.41) is 4.20. The minimum absolute atomic E-state index is 0.469. The summed E-state index contributed by atoms with van der Waals surface area (Å²) in [6.07, 6.45) is 4.48. The lowest BCUT2D eigenvalue weighted by atomic mass is 10.3. The maximum atomic E-state index is 5.85. The molecule has 2 N–H and O–H groups in total. The number of aryl methyl sites for hydroxylation is 2. The summed E-state index contributed by atoms with van der Waals surface area (Å²) in [6, 6.07) is 0. The van der Waals surface area contributed by atoms with Crippen molar-refractivity contribution in [3.05, 3.63) is 22.6 Å². The van der Waals surface area contributed by atoms with E-state index >= 15 is 0 Å². The van der Waals surface area contributed by atoms with E-state index in [9.17, 15) is 0 Å². The second-order valence-electron chi connectivity index (χ2n) is 3.63. The molecular formula is C11H14BrN5. The average Bonchev–Trinajstić information content (AvgIpc) is 2.81. The Morgan fingerprint density at radius 1 is 1.35 bits per heavy atom. The second-order valence-corrected chi connectivity index (χ2v) is 4.42. The Hall–Kier alpha value is -1.43. The van der Waals surface area contributed by atoms with Gasteiger partial charge in [0.15, 0.2) is 5.82 Å². The lowest BCUT2D eigenvalue weighted by Crippen LogP contribution is -2.01. The zero-order chi connectivity index (χ0) is 12.4. The zero-order valence-corrected chi connectivity index (χ0v) is 11.4. The van der Waals surface area contributed by atoms with E-state index in [1.165, 1.54) is 0 Å². The maximum absolute atomic E-state index is 5.85. The largest absolute Gasteiger partial charge is 0.383 e. The van der Waals surface area contributed by atoms with Crippen molar-refractivity contribution in [3.63, 3.8) is 0 Å². The van der Waals surface area contributed by atoms with E-state index in [2.05, 4.69) is 31.0 Å². The number of hydrogen-bond acceptors (Lipinski definition) is 4. The Balaban J connectivity index is 2.48. The van der Waals surface area contributed by atoms with E-state index in [0.717, 1.165) is 28.7 Å². The molecule has 0 radical (unpaired) electrons. The Morgan fingerprint density at radius 2 is 2.12 bits per heavy atom. The number of anilines is 1. The van der Waals surface area contributed by atoms with E-state index in [4.69, 9.17) is 5.73 Å². The molecule has 0 aliphatic rings. The van der Waals surface area contributed by atoms with E-state index in [1.807, 2.05) is 24.7 Å². The third-order valence-electron chi connectivity index (χ3n) is 2.50. The van der Waals surface area contributed by atoms with Crippen molar-refractivity contribution in [2.75, 3.05) is 5.73 Å². The van der Waals surface area contributed by atoms with Gasteiger partial charge in [0.2, 0.25) is 0 Å². The average molecular weight is 296 g/mol. The zero-order valence-electron chi connectivity index (χ0n) is 9.81. The van der Waals surface area contributed by atoms with Crippen molar-refractivity contribution in [2.24, 2.45) is 0 Å². The Morgan fingerprint density at radius 3 is 2.71 bits per heavy atom. The monoisotopic (exact) mass is 295 g/mol. The molecule has 0 saturated heterocycles. The van der Waals surface area contributed by atoms with Crippen molar-refractivity contribution in [1.82, 2.24) is 19.7 Å². The minimum atomic E-state index is 0.469. The fourth-order valence-electron chi connectivity index (χ4n) is 1.53. The van der Waals surface area contributed by atoms with Gasteiger partial charge in [0.1, 0.15) is 5.82 Å². The highest BCUT2D eigenvalue weighted by Gasteiger charge is 2.11. The van der Waals surface area contributed by atoms with E-state index in [1.54, 1.807) is 6.20 Å². The van der Waals surface area contributed by atoms with Gasteiger partial charge in [0.05, 0.1) is 21.9 Å². The highest BCUT2D eigenvalue weighted by Crippen LogP contribution is 2.25. The predicted octanol–water partition coefficient (Wildman–Crippen LogP) is 2.27. The number of aromatic nitrogens is 4. The molecule has 2 rings (SSSR count). The van der Waals surface area contributed by atoms with Crippen molar-refractivity contribution in [2.45, 2.75) is 26.8 Å². The molecule has 0 atom stereocenters. The summed E-state index contributed by atoms with van der Waals surface area (Å²) in [4.78, 5) is 8.74. The SMILES string of the molecule is CCc1nc(-c2cnn(CC)c2)nc(N)c1Br. The van der Waals surface area contributed by atoms with E-state index in [-0.39, 0.29) is 0 Å². The van der Waals surface area contributed by atoms with Crippen LogP contribution in [0, 0.1) is 0 Å². The van der Waals surface area contributed by atoms with E-state index < -0.39 is 0 Å². The van der Waals surface area contributed by atoms with Crippen molar-refractivity contribution < 1.29 is 0 Å². The molecule has 0 unspecified atom stereocenters. The lowest BCUT2D eigenvalue weighted by molar-refractivity contribution is 0.660. The van der Waals surface area contributed by atoms with Crippen LogP contribution in [0.4, 0.5) is 5.82 Å². The third kappa shape index (κ3) is 2.31. The molecule has 0 saturated carbocycles. The molecule has 2 aromatic heterocycles. The summed E-state index contributed by atoms with van der Waals surface area (Å²) < 4.78 is 2.62. The van der Waals surface area contributed by atoms with Crippen LogP contribution >= 0.6 is 15.9 Å². The summed E-state index contributed by atoms with van der Waals surface area (Å²) in [6.45, 7) is 4.89. The van der Waals surface area contributed by atoms with Crippen LogP contribution in [0.1, 0.15) is 19.5 Å². The van der Waals surface area contributed by atoms with Gasteiger partial charge in [-0.2, -0.15) is 5.10 Å². The first kappa shape index (κ1) is 12.0. The predicted molar refractivity (Wildman–Crippen MR) is 70.4 cm³/mol. The number of halogens is 1. The molecule has 2 aromatic rings. The summed E-state index contributed by atoms with van der Waals surface area (Å²) in [5.74, 6) is 1.10. The van der Waals surface area contributed by atoms with Gasteiger partial charge in [-0.05, 0) is 29.3 Å². The smallest absolute Gasteiger partial charge is 0.165 e. The topological polar surface area (TPSA) is 69.6 Å². The lowest BCUT2D eigenvalue weighted by Gasteiger charge is -2.05. The molecule has 90 valence electrons. The molecule has 0 aliphatic carbocycles. The molecule has 0 bridgehead atoms.